The van der Waals surface area contributed by atoms with Crippen LogP contribution in [0.2, 0.25) is 0 Å². The van der Waals surface area contributed by atoms with Gasteiger partial charge in [0.2, 0.25) is 15.9 Å². The van der Waals surface area contributed by atoms with E-state index in [4.69, 9.17) is 9.47 Å². The molecule has 1 aliphatic heterocycles. The Morgan fingerprint density at radius 1 is 1.07 bits per heavy atom. The van der Waals surface area contributed by atoms with Crippen molar-refractivity contribution in [1.29, 1.82) is 0 Å². The minimum Gasteiger partial charge on any atom is -0.492 e. The van der Waals surface area contributed by atoms with Gasteiger partial charge < -0.3 is 24.3 Å². The molecule has 0 radical (unpaired) electrons. The molecule has 1 saturated heterocycles. The average molecular weight is 621 g/mol. The van der Waals surface area contributed by atoms with Gasteiger partial charge in [-0.2, -0.15) is 4.98 Å². The van der Waals surface area contributed by atoms with E-state index in [2.05, 4.69) is 24.9 Å². The summed E-state index contributed by atoms with van der Waals surface area (Å²) in [6.45, 7) is 9.17. The minimum atomic E-state index is -3.61. The van der Waals surface area contributed by atoms with E-state index in [-0.39, 0.29) is 16.9 Å². The fraction of sp³-hybridized carbons (Fsp3) is 0.406. The van der Waals surface area contributed by atoms with Crippen LogP contribution in [0, 0.1) is 0 Å². The standard InChI is InChI=1S/C32H40N6O5S/c1-32(2,3)22-19-23(30(42-5)24(20-22)36-44(6,40)41)34-31(39)25-18-21-10-9-11-26(29(21)37(25)4)43-28-12-14-33-27(35-28)13-17-38-15-7-8-16-38/h9-12,14,18-20,36H,7-8,13,15-17H2,1-6H3,(H,34,39). The maximum absolute atomic E-state index is 13.7. The summed E-state index contributed by atoms with van der Waals surface area (Å²) in [6.07, 6.45) is 6.00. The zero-order chi connectivity index (χ0) is 31.6. The number of carbonyl (C=O) groups excluding carboxylic acids is 1. The number of carbonyl (C=O) groups is 1. The van der Waals surface area contributed by atoms with Crippen LogP contribution in [0.3, 0.4) is 0 Å². The number of nitrogens with one attached hydrogen (secondary N) is 2. The Labute approximate surface area is 258 Å². The van der Waals surface area contributed by atoms with Crippen molar-refractivity contribution in [2.75, 3.05) is 43.0 Å². The molecular formula is C32H40N6O5S. The highest BCUT2D eigenvalue weighted by molar-refractivity contribution is 7.92. The summed E-state index contributed by atoms with van der Waals surface area (Å²) >= 11 is 0. The number of methoxy groups -OCH3 is 1. The molecule has 3 heterocycles. The van der Waals surface area contributed by atoms with E-state index < -0.39 is 15.9 Å². The Morgan fingerprint density at radius 3 is 2.48 bits per heavy atom. The van der Waals surface area contributed by atoms with Crippen LogP contribution in [0.25, 0.3) is 10.9 Å². The molecule has 12 heteroatoms. The van der Waals surface area contributed by atoms with E-state index >= 15 is 0 Å². The number of sulfonamides is 1. The van der Waals surface area contributed by atoms with Gasteiger partial charge in [-0.25, -0.2) is 13.4 Å². The highest BCUT2D eigenvalue weighted by Gasteiger charge is 2.24. The molecule has 0 bridgehead atoms. The van der Waals surface area contributed by atoms with Gasteiger partial charge in [-0.15, -0.1) is 0 Å². The SMILES string of the molecule is COc1c(NC(=O)c2cc3cccc(Oc4ccnc(CCN5CCCC5)n4)c3n2C)cc(C(C)(C)C)cc1NS(C)(=O)=O. The Kier molecular flexibility index (Phi) is 8.85. The number of aromatic nitrogens is 3. The maximum Gasteiger partial charge on any atom is 0.272 e. The number of aryl methyl sites for hydroxylation is 1. The van der Waals surface area contributed by atoms with Crippen LogP contribution in [-0.4, -0.2) is 66.8 Å². The second-order valence-electron chi connectivity index (χ2n) is 12.2. The van der Waals surface area contributed by atoms with Crippen LogP contribution in [0.1, 0.15) is 55.5 Å². The monoisotopic (exact) mass is 620 g/mol. The molecule has 0 unspecified atom stereocenters. The molecule has 0 aliphatic carbocycles. The second kappa shape index (κ2) is 12.4. The Bertz CT molecular complexity index is 1790. The fourth-order valence-corrected chi connectivity index (χ4v) is 6.00. The molecule has 11 nitrogen and oxygen atoms in total. The fourth-order valence-electron chi connectivity index (χ4n) is 5.45. The van der Waals surface area contributed by atoms with Gasteiger partial charge in [-0.3, -0.25) is 9.52 Å². The topological polar surface area (TPSA) is 128 Å². The molecule has 0 atom stereocenters. The van der Waals surface area contributed by atoms with Gasteiger partial charge in [-0.05, 0) is 61.2 Å². The molecule has 4 aromatic rings. The van der Waals surface area contributed by atoms with Gasteiger partial charge in [0.25, 0.3) is 5.91 Å². The molecule has 2 aromatic carbocycles. The number of para-hydroxylation sites is 1. The number of hydrogen-bond donors (Lipinski definition) is 2. The van der Waals surface area contributed by atoms with Crippen LogP contribution >= 0.6 is 0 Å². The first kappa shape index (κ1) is 31.3. The number of likely N-dealkylation sites (tertiary alicyclic amines) is 1. The smallest absolute Gasteiger partial charge is 0.272 e. The van der Waals surface area contributed by atoms with Crippen molar-refractivity contribution in [3.63, 3.8) is 0 Å². The third-order valence-corrected chi connectivity index (χ3v) is 8.29. The molecular weight excluding hydrogens is 580 g/mol. The molecule has 1 aliphatic rings. The van der Waals surface area contributed by atoms with Gasteiger partial charge in [0.1, 0.15) is 11.5 Å². The molecule has 0 saturated carbocycles. The van der Waals surface area contributed by atoms with Crippen molar-refractivity contribution >= 4 is 38.2 Å². The molecule has 2 aromatic heterocycles. The summed E-state index contributed by atoms with van der Waals surface area (Å²) < 4.78 is 40.3. The number of rotatable bonds is 10. The van der Waals surface area contributed by atoms with Crippen molar-refractivity contribution in [1.82, 2.24) is 19.4 Å². The van der Waals surface area contributed by atoms with Crippen LogP contribution in [0.15, 0.2) is 48.7 Å². The third kappa shape index (κ3) is 7.13. The van der Waals surface area contributed by atoms with Crippen LogP contribution < -0.4 is 19.5 Å². The molecule has 2 N–H and O–H groups in total. The molecule has 1 fully saturated rings. The lowest BCUT2D eigenvalue weighted by molar-refractivity contribution is 0.101. The van der Waals surface area contributed by atoms with E-state index in [0.29, 0.717) is 23.0 Å². The van der Waals surface area contributed by atoms with Gasteiger partial charge >= 0.3 is 0 Å². The van der Waals surface area contributed by atoms with E-state index in [1.807, 2.05) is 39.0 Å². The zero-order valence-corrected chi connectivity index (χ0v) is 26.9. The average Bonchev–Trinajstić information content (AvgIpc) is 3.59. The molecule has 0 spiro atoms. The number of amides is 1. The van der Waals surface area contributed by atoms with Gasteiger partial charge in [-0.1, -0.05) is 32.9 Å². The van der Waals surface area contributed by atoms with Crippen molar-refractivity contribution < 1.29 is 22.7 Å². The van der Waals surface area contributed by atoms with Gasteiger partial charge in [0, 0.05) is 37.7 Å². The number of nitrogens with zero attached hydrogens (tertiary/aromatic N) is 4. The summed E-state index contributed by atoms with van der Waals surface area (Å²) in [6, 6.07) is 12.7. The molecule has 44 heavy (non-hydrogen) atoms. The first-order valence-electron chi connectivity index (χ1n) is 14.6. The third-order valence-electron chi connectivity index (χ3n) is 7.70. The summed E-state index contributed by atoms with van der Waals surface area (Å²) in [4.78, 5) is 25.2. The van der Waals surface area contributed by atoms with E-state index in [0.717, 1.165) is 54.6 Å². The zero-order valence-electron chi connectivity index (χ0n) is 26.1. The maximum atomic E-state index is 13.7. The first-order chi connectivity index (χ1) is 20.8. The molecule has 1 amide bonds. The minimum absolute atomic E-state index is 0.212. The molecule has 234 valence electrons. The normalized spacial score (nSPS) is 14.1. The largest absolute Gasteiger partial charge is 0.492 e. The lowest BCUT2D eigenvalue weighted by Gasteiger charge is -2.24. The van der Waals surface area contributed by atoms with Gasteiger partial charge in [0.05, 0.1) is 30.3 Å². The van der Waals surface area contributed by atoms with E-state index in [1.165, 1.54) is 20.0 Å². The first-order valence-corrected chi connectivity index (χ1v) is 16.5. The Hall–Kier alpha value is -4.16. The van der Waals surface area contributed by atoms with Crippen molar-refractivity contribution in [2.45, 2.75) is 45.4 Å². The molecule has 5 rings (SSSR count). The van der Waals surface area contributed by atoms with Crippen LogP contribution in [0.5, 0.6) is 17.4 Å². The van der Waals surface area contributed by atoms with Crippen molar-refractivity contribution in [3.8, 4) is 17.4 Å². The Morgan fingerprint density at radius 2 is 1.80 bits per heavy atom. The summed E-state index contributed by atoms with van der Waals surface area (Å²) in [7, 11) is -0.378. The highest BCUT2D eigenvalue weighted by atomic mass is 32.2. The lowest BCUT2D eigenvalue weighted by atomic mass is 9.86. The highest BCUT2D eigenvalue weighted by Crippen LogP contribution is 2.40. The summed E-state index contributed by atoms with van der Waals surface area (Å²) in [5.41, 5.74) is 2.18. The summed E-state index contributed by atoms with van der Waals surface area (Å²) in [5.74, 6) is 1.54. The van der Waals surface area contributed by atoms with Crippen LogP contribution in [0.4, 0.5) is 11.4 Å². The second-order valence-corrected chi connectivity index (χ2v) is 13.9. The lowest BCUT2D eigenvalue weighted by Crippen LogP contribution is -2.22. The number of benzene rings is 2. The number of hydrogen-bond acceptors (Lipinski definition) is 8. The van der Waals surface area contributed by atoms with E-state index in [9.17, 15) is 13.2 Å². The number of fused-ring (bicyclic) bond motifs is 1. The summed E-state index contributed by atoms with van der Waals surface area (Å²) in [5, 5.41) is 3.76. The van der Waals surface area contributed by atoms with Crippen molar-refractivity contribution in [2.24, 2.45) is 7.05 Å². The predicted octanol–water partition coefficient (Wildman–Crippen LogP) is 5.33. The predicted molar refractivity (Wildman–Crippen MR) is 173 cm³/mol. The van der Waals surface area contributed by atoms with Crippen LogP contribution in [-0.2, 0) is 28.9 Å². The number of ether oxygens (including phenoxy) is 2. The van der Waals surface area contributed by atoms with E-state index in [1.54, 1.807) is 42.1 Å². The Balaban J connectivity index is 1.43. The van der Waals surface area contributed by atoms with Crippen molar-refractivity contribution in [3.05, 3.63) is 65.7 Å². The quantitative estimate of drug-likeness (QED) is 0.244. The number of anilines is 2. The van der Waals surface area contributed by atoms with Gasteiger partial charge in [0.15, 0.2) is 11.5 Å².